The summed E-state index contributed by atoms with van der Waals surface area (Å²) < 4.78 is 7.31. The Morgan fingerprint density at radius 1 is 1.29 bits per heavy atom. The minimum atomic E-state index is -1.14. The SMILES string of the molecule is CC1C(O)C(O)[C@@H](CO)OC1n1cnc2c(N)ncnc21. The van der Waals surface area contributed by atoms with Crippen LogP contribution in [0.1, 0.15) is 13.2 Å². The van der Waals surface area contributed by atoms with Gasteiger partial charge in [0, 0.05) is 5.92 Å². The van der Waals surface area contributed by atoms with Crippen LogP contribution in [0.15, 0.2) is 12.7 Å². The monoisotopic (exact) mass is 295 g/mol. The van der Waals surface area contributed by atoms with E-state index in [1.807, 2.05) is 0 Å². The van der Waals surface area contributed by atoms with Crippen LogP contribution < -0.4 is 5.73 Å². The predicted octanol–water partition coefficient (Wildman–Crippen LogP) is -1.34. The fraction of sp³-hybridized carbons (Fsp3) is 0.583. The summed E-state index contributed by atoms with van der Waals surface area (Å²) in [6, 6.07) is 0. The molecule has 3 heterocycles. The van der Waals surface area contributed by atoms with Crippen molar-refractivity contribution in [1.82, 2.24) is 19.5 Å². The number of hydrogen-bond donors (Lipinski definition) is 4. The minimum absolute atomic E-state index is 0.251. The number of anilines is 1. The van der Waals surface area contributed by atoms with Gasteiger partial charge in [0.2, 0.25) is 0 Å². The number of nitrogens with two attached hydrogens (primary N) is 1. The molecule has 0 radical (unpaired) electrons. The predicted molar refractivity (Wildman–Crippen MR) is 71.9 cm³/mol. The smallest absolute Gasteiger partial charge is 0.167 e. The second kappa shape index (κ2) is 5.19. The molecule has 1 aliphatic heterocycles. The topological polar surface area (TPSA) is 140 Å². The lowest BCUT2D eigenvalue weighted by Gasteiger charge is -2.41. The van der Waals surface area contributed by atoms with Gasteiger partial charge >= 0.3 is 0 Å². The number of ether oxygens (including phenoxy) is 1. The summed E-state index contributed by atoms with van der Waals surface area (Å²) in [5.41, 5.74) is 6.65. The Hall–Kier alpha value is -1.81. The molecule has 21 heavy (non-hydrogen) atoms. The second-order valence-electron chi connectivity index (χ2n) is 5.17. The van der Waals surface area contributed by atoms with Crippen LogP contribution >= 0.6 is 0 Å². The molecule has 1 aliphatic rings. The van der Waals surface area contributed by atoms with Crippen LogP contribution in [-0.4, -0.2) is 59.8 Å². The molecule has 0 saturated carbocycles. The first-order valence-electron chi connectivity index (χ1n) is 6.60. The molecule has 0 bridgehead atoms. The van der Waals surface area contributed by atoms with Crippen molar-refractivity contribution >= 4 is 17.0 Å². The van der Waals surface area contributed by atoms with Gasteiger partial charge in [0.25, 0.3) is 0 Å². The molecule has 3 rings (SSSR count). The van der Waals surface area contributed by atoms with Gasteiger partial charge in [-0.1, -0.05) is 6.92 Å². The van der Waals surface area contributed by atoms with Gasteiger partial charge in [-0.15, -0.1) is 0 Å². The lowest BCUT2D eigenvalue weighted by Crippen LogP contribution is -2.52. The lowest BCUT2D eigenvalue weighted by atomic mass is 9.91. The van der Waals surface area contributed by atoms with E-state index in [9.17, 15) is 15.3 Å². The maximum Gasteiger partial charge on any atom is 0.167 e. The Balaban J connectivity index is 2.03. The highest BCUT2D eigenvalue weighted by molar-refractivity contribution is 5.81. The summed E-state index contributed by atoms with van der Waals surface area (Å²) in [5, 5.41) is 29.3. The Labute approximate surface area is 120 Å². The van der Waals surface area contributed by atoms with Crippen LogP contribution in [0.5, 0.6) is 0 Å². The molecule has 5 N–H and O–H groups in total. The maximum absolute atomic E-state index is 10.1. The molecule has 2 aromatic heterocycles. The van der Waals surface area contributed by atoms with Crippen molar-refractivity contribution in [3.8, 4) is 0 Å². The molecule has 0 aromatic carbocycles. The summed E-state index contributed by atoms with van der Waals surface area (Å²) in [6.07, 6.45) is -0.862. The van der Waals surface area contributed by atoms with Gasteiger partial charge in [0.05, 0.1) is 19.0 Å². The third kappa shape index (κ3) is 2.14. The van der Waals surface area contributed by atoms with Gasteiger partial charge < -0.3 is 25.8 Å². The quantitative estimate of drug-likeness (QED) is 0.533. The van der Waals surface area contributed by atoms with E-state index in [0.717, 1.165) is 0 Å². The molecule has 0 spiro atoms. The van der Waals surface area contributed by atoms with Crippen molar-refractivity contribution in [2.45, 2.75) is 31.5 Å². The third-order valence-electron chi connectivity index (χ3n) is 3.87. The van der Waals surface area contributed by atoms with E-state index in [1.54, 1.807) is 11.5 Å². The number of aromatic nitrogens is 4. The molecule has 1 fully saturated rings. The van der Waals surface area contributed by atoms with Crippen LogP contribution in [0.4, 0.5) is 5.82 Å². The maximum atomic E-state index is 10.1. The van der Waals surface area contributed by atoms with E-state index < -0.39 is 37.1 Å². The largest absolute Gasteiger partial charge is 0.394 e. The molecule has 9 heteroatoms. The van der Waals surface area contributed by atoms with Crippen LogP contribution in [0.2, 0.25) is 0 Å². The van der Waals surface area contributed by atoms with Crippen LogP contribution in [0.25, 0.3) is 11.2 Å². The van der Waals surface area contributed by atoms with Crippen LogP contribution in [-0.2, 0) is 4.74 Å². The standard InChI is InChI=1S/C12H17N5O4/c1-5-8(19)9(20)6(2-18)21-12(5)17-4-16-7-10(13)14-3-15-11(7)17/h3-6,8-9,12,18-20H,2H2,1H3,(H2,13,14,15)/t5?,6-,8?,9?,12?/m1/s1. The molecule has 1 saturated heterocycles. The molecule has 5 atom stereocenters. The molecular formula is C12H17N5O4. The van der Waals surface area contributed by atoms with Crippen molar-refractivity contribution in [1.29, 1.82) is 0 Å². The Morgan fingerprint density at radius 3 is 2.76 bits per heavy atom. The number of rotatable bonds is 2. The molecule has 0 amide bonds. The van der Waals surface area contributed by atoms with Crippen LogP contribution in [0.3, 0.4) is 0 Å². The number of nitrogen functional groups attached to an aromatic ring is 1. The van der Waals surface area contributed by atoms with Gasteiger partial charge in [-0.25, -0.2) is 15.0 Å². The molecule has 0 aliphatic carbocycles. The highest BCUT2D eigenvalue weighted by Crippen LogP contribution is 2.34. The van der Waals surface area contributed by atoms with Crippen molar-refractivity contribution in [3.63, 3.8) is 0 Å². The van der Waals surface area contributed by atoms with Crippen molar-refractivity contribution in [2.24, 2.45) is 5.92 Å². The number of aliphatic hydroxyl groups is 3. The molecule has 9 nitrogen and oxygen atoms in total. The number of aliphatic hydroxyl groups excluding tert-OH is 3. The fourth-order valence-corrected chi connectivity index (χ4v) is 2.61. The zero-order chi connectivity index (χ0) is 15.1. The van der Waals surface area contributed by atoms with Gasteiger partial charge in [-0.2, -0.15) is 0 Å². The lowest BCUT2D eigenvalue weighted by molar-refractivity contribution is -0.227. The van der Waals surface area contributed by atoms with E-state index in [1.165, 1.54) is 12.7 Å². The molecule has 114 valence electrons. The average molecular weight is 295 g/mol. The zero-order valence-electron chi connectivity index (χ0n) is 11.4. The number of fused-ring (bicyclic) bond motifs is 1. The number of imidazole rings is 1. The van der Waals surface area contributed by atoms with Crippen molar-refractivity contribution < 1.29 is 20.1 Å². The Bertz CT molecular complexity index is 646. The molecular weight excluding hydrogens is 278 g/mol. The summed E-state index contributed by atoms with van der Waals surface area (Å²) in [4.78, 5) is 12.1. The zero-order valence-corrected chi connectivity index (χ0v) is 11.4. The minimum Gasteiger partial charge on any atom is -0.394 e. The van der Waals surface area contributed by atoms with E-state index in [0.29, 0.717) is 11.2 Å². The van der Waals surface area contributed by atoms with E-state index in [4.69, 9.17) is 10.5 Å². The summed E-state index contributed by atoms with van der Waals surface area (Å²) >= 11 is 0. The highest BCUT2D eigenvalue weighted by Gasteiger charge is 2.43. The average Bonchev–Trinajstić information content (AvgIpc) is 2.91. The van der Waals surface area contributed by atoms with Gasteiger partial charge in [-0.3, -0.25) is 4.57 Å². The first-order chi connectivity index (χ1) is 10.0. The number of nitrogens with zero attached hydrogens (tertiary/aromatic N) is 4. The van der Waals surface area contributed by atoms with Gasteiger partial charge in [0.15, 0.2) is 11.5 Å². The molecule has 4 unspecified atom stereocenters. The first-order valence-corrected chi connectivity index (χ1v) is 6.60. The Kier molecular flexibility index (Phi) is 3.49. The summed E-state index contributed by atoms with van der Waals surface area (Å²) in [7, 11) is 0. The third-order valence-corrected chi connectivity index (χ3v) is 3.87. The summed E-state index contributed by atoms with van der Waals surface area (Å²) in [5.74, 6) is -0.169. The number of hydrogen-bond acceptors (Lipinski definition) is 8. The fourth-order valence-electron chi connectivity index (χ4n) is 2.61. The van der Waals surface area contributed by atoms with Crippen molar-refractivity contribution in [3.05, 3.63) is 12.7 Å². The van der Waals surface area contributed by atoms with Crippen LogP contribution in [0, 0.1) is 5.92 Å². The second-order valence-corrected chi connectivity index (χ2v) is 5.17. The van der Waals surface area contributed by atoms with E-state index in [2.05, 4.69) is 15.0 Å². The first kappa shape index (κ1) is 14.1. The highest BCUT2D eigenvalue weighted by atomic mass is 16.5. The van der Waals surface area contributed by atoms with Crippen molar-refractivity contribution in [2.75, 3.05) is 12.3 Å². The van der Waals surface area contributed by atoms with Gasteiger partial charge in [-0.05, 0) is 0 Å². The van der Waals surface area contributed by atoms with Gasteiger partial charge in [0.1, 0.15) is 30.3 Å². The molecule has 2 aromatic rings. The van der Waals surface area contributed by atoms with E-state index in [-0.39, 0.29) is 5.82 Å². The summed E-state index contributed by atoms with van der Waals surface area (Å²) in [6.45, 7) is 1.34. The normalized spacial score (nSPS) is 33.4. The van der Waals surface area contributed by atoms with E-state index >= 15 is 0 Å². The Morgan fingerprint density at radius 2 is 2.05 bits per heavy atom.